The molecule has 8 heteroatoms. The number of sulfonamides is 1. The van der Waals surface area contributed by atoms with E-state index >= 15 is 0 Å². The van der Waals surface area contributed by atoms with Gasteiger partial charge in [0.2, 0.25) is 10.0 Å². The Balaban J connectivity index is 2.82. The van der Waals surface area contributed by atoms with Crippen molar-refractivity contribution in [3.05, 3.63) is 29.6 Å². The first-order chi connectivity index (χ1) is 8.10. The second-order valence-corrected chi connectivity index (χ2v) is 5.83. The maximum absolute atomic E-state index is 12.2. The van der Waals surface area contributed by atoms with Gasteiger partial charge in [-0.2, -0.15) is 13.2 Å². The van der Waals surface area contributed by atoms with Crippen LogP contribution in [0.3, 0.4) is 0 Å². The molecule has 0 unspecified atom stereocenters. The summed E-state index contributed by atoms with van der Waals surface area (Å²) in [6.07, 6.45) is -3.60. The smallest absolute Gasteiger partial charge is 0.251 e. The molecule has 0 bridgehead atoms. The van der Waals surface area contributed by atoms with Gasteiger partial charge < -0.3 is 0 Å². The quantitative estimate of drug-likeness (QED) is 0.918. The molecular formula is C10H13F3N2O2S. The summed E-state index contributed by atoms with van der Waals surface area (Å²) < 4.78 is 62.1. The van der Waals surface area contributed by atoms with Crippen LogP contribution in [0, 0.1) is 0 Å². The minimum Gasteiger partial charge on any atom is -0.251 e. The van der Waals surface area contributed by atoms with Crippen LogP contribution in [0.5, 0.6) is 0 Å². The highest BCUT2D eigenvalue weighted by Gasteiger charge is 2.32. The molecule has 1 rings (SSSR count). The van der Waals surface area contributed by atoms with E-state index in [9.17, 15) is 21.6 Å². The number of hydrogen-bond acceptors (Lipinski definition) is 3. The summed E-state index contributed by atoms with van der Waals surface area (Å²) in [5.74, 6) is -0.393. The Morgan fingerprint density at radius 1 is 1.33 bits per heavy atom. The van der Waals surface area contributed by atoms with Gasteiger partial charge in [-0.3, -0.25) is 4.98 Å². The molecule has 0 saturated carbocycles. The van der Waals surface area contributed by atoms with E-state index in [1.807, 2.05) is 0 Å². The monoisotopic (exact) mass is 282 g/mol. The van der Waals surface area contributed by atoms with Gasteiger partial charge in [-0.1, -0.05) is 6.07 Å². The van der Waals surface area contributed by atoms with Gasteiger partial charge in [0, 0.05) is 12.2 Å². The molecule has 1 aromatic heterocycles. The van der Waals surface area contributed by atoms with E-state index < -0.39 is 27.6 Å². The summed E-state index contributed by atoms with van der Waals surface area (Å²) in [5.41, 5.74) is -0.836. The Morgan fingerprint density at radius 2 is 1.94 bits per heavy atom. The zero-order valence-electron chi connectivity index (χ0n) is 9.82. The normalized spacial score (nSPS) is 13.0. The third kappa shape index (κ3) is 4.61. The molecule has 102 valence electrons. The highest BCUT2D eigenvalue weighted by atomic mass is 32.2. The van der Waals surface area contributed by atoms with Gasteiger partial charge in [0.05, 0.1) is 5.75 Å². The van der Waals surface area contributed by atoms with Crippen LogP contribution < -0.4 is 4.72 Å². The lowest BCUT2D eigenvalue weighted by Crippen LogP contribution is -2.31. The number of nitrogens with one attached hydrogen (secondary N) is 1. The third-order valence-corrected chi connectivity index (χ3v) is 3.43. The number of hydrogen-bond donors (Lipinski definition) is 1. The molecule has 0 amide bonds. The summed E-state index contributed by atoms with van der Waals surface area (Å²) in [6.45, 7) is 3.31. The first-order valence-corrected chi connectivity index (χ1v) is 6.77. The van der Waals surface area contributed by atoms with E-state index in [2.05, 4.69) is 9.71 Å². The lowest BCUT2D eigenvalue weighted by atomic mass is 10.3. The van der Waals surface area contributed by atoms with Crippen molar-refractivity contribution >= 4 is 10.0 Å². The van der Waals surface area contributed by atoms with Crippen molar-refractivity contribution in [1.82, 2.24) is 9.71 Å². The first-order valence-electron chi connectivity index (χ1n) is 5.12. The molecule has 0 aliphatic heterocycles. The summed E-state index contributed by atoms with van der Waals surface area (Å²) in [5, 5.41) is 0. The molecule has 0 radical (unpaired) electrons. The van der Waals surface area contributed by atoms with Crippen molar-refractivity contribution in [2.24, 2.45) is 0 Å². The molecule has 0 fully saturated rings. The number of nitrogens with zero attached hydrogens (tertiary/aromatic N) is 1. The number of alkyl halides is 3. The standard InChI is InChI=1S/C10H13F3N2O2S/c1-7(2)15-18(16,17)6-8-3-4-9(14-5-8)10(11,12)13/h3-5,7,15H,6H2,1-2H3. The molecule has 1 aromatic rings. The summed E-state index contributed by atoms with van der Waals surface area (Å²) in [7, 11) is -3.55. The zero-order chi connectivity index (χ0) is 14.0. The van der Waals surface area contributed by atoms with Gasteiger partial charge in [0.15, 0.2) is 0 Å². The second kappa shape index (κ2) is 5.23. The molecule has 0 spiro atoms. The molecule has 0 aliphatic carbocycles. The van der Waals surface area contributed by atoms with E-state index in [4.69, 9.17) is 0 Å². The average molecular weight is 282 g/mol. The second-order valence-electron chi connectivity index (χ2n) is 4.08. The van der Waals surface area contributed by atoms with Gasteiger partial charge in [-0.05, 0) is 25.5 Å². The lowest BCUT2D eigenvalue weighted by molar-refractivity contribution is -0.141. The number of aromatic nitrogens is 1. The van der Waals surface area contributed by atoms with Crippen molar-refractivity contribution in [3.63, 3.8) is 0 Å². The molecule has 4 nitrogen and oxygen atoms in total. The van der Waals surface area contributed by atoms with Crippen LogP contribution in [0.4, 0.5) is 13.2 Å². The van der Waals surface area contributed by atoms with Crippen LogP contribution in [0.25, 0.3) is 0 Å². The predicted molar refractivity (Wildman–Crippen MR) is 60.1 cm³/mol. The summed E-state index contributed by atoms with van der Waals surface area (Å²) in [6, 6.07) is 1.60. The molecule has 1 N–H and O–H groups in total. The van der Waals surface area contributed by atoms with E-state index in [0.29, 0.717) is 0 Å². The van der Waals surface area contributed by atoms with Crippen LogP contribution in [-0.2, 0) is 22.0 Å². The number of pyridine rings is 1. The maximum Gasteiger partial charge on any atom is 0.433 e. The van der Waals surface area contributed by atoms with Crippen LogP contribution in [0.1, 0.15) is 25.1 Å². The van der Waals surface area contributed by atoms with Crippen molar-refractivity contribution < 1.29 is 21.6 Å². The van der Waals surface area contributed by atoms with Crippen LogP contribution >= 0.6 is 0 Å². The van der Waals surface area contributed by atoms with Crippen LogP contribution in [0.2, 0.25) is 0 Å². The fourth-order valence-corrected chi connectivity index (χ4v) is 2.71. The maximum atomic E-state index is 12.2. The minimum absolute atomic E-state index is 0.205. The Bertz CT molecular complexity index is 495. The van der Waals surface area contributed by atoms with E-state index in [1.54, 1.807) is 13.8 Å². The molecule has 18 heavy (non-hydrogen) atoms. The van der Waals surface area contributed by atoms with E-state index in [-0.39, 0.29) is 11.6 Å². The Kier molecular flexibility index (Phi) is 4.33. The van der Waals surface area contributed by atoms with Gasteiger partial charge in [-0.15, -0.1) is 0 Å². The average Bonchev–Trinajstić information content (AvgIpc) is 2.13. The number of halogens is 3. The zero-order valence-corrected chi connectivity index (χ0v) is 10.6. The van der Waals surface area contributed by atoms with Crippen molar-refractivity contribution in [2.45, 2.75) is 31.8 Å². The SMILES string of the molecule is CC(C)NS(=O)(=O)Cc1ccc(C(F)(F)F)nc1. The summed E-state index contributed by atoms with van der Waals surface area (Å²) in [4.78, 5) is 3.20. The Morgan fingerprint density at radius 3 is 2.33 bits per heavy atom. The van der Waals surface area contributed by atoms with Gasteiger partial charge in [0.1, 0.15) is 5.69 Å². The van der Waals surface area contributed by atoms with Gasteiger partial charge >= 0.3 is 6.18 Å². The molecule has 0 atom stereocenters. The minimum atomic E-state index is -4.52. The third-order valence-electron chi connectivity index (χ3n) is 1.89. The Labute approximate surface area is 103 Å². The predicted octanol–water partition coefficient (Wildman–Crippen LogP) is 1.93. The first kappa shape index (κ1) is 14.9. The molecule has 0 saturated heterocycles. The van der Waals surface area contributed by atoms with Crippen molar-refractivity contribution in [3.8, 4) is 0 Å². The van der Waals surface area contributed by atoms with E-state index in [1.165, 1.54) is 0 Å². The van der Waals surface area contributed by atoms with Crippen molar-refractivity contribution in [1.29, 1.82) is 0 Å². The summed E-state index contributed by atoms with van der Waals surface area (Å²) >= 11 is 0. The molecular weight excluding hydrogens is 269 g/mol. The Hall–Kier alpha value is -1.15. The van der Waals surface area contributed by atoms with Crippen LogP contribution in [0.15, 0.2) is 18.3 Å². The topological polar surface area (TPSA) is 59.1 Å². The van der Waals surface area contributed by atoms with Gasteiger partial charge in [0.25, 0.3) is 0 Å². The van der Waals surface area contributed by atoms with E-state index in [0.717, 1.165) is 18.3 Å². The molecule has 0 aliphatic rings. The fourth-order valence-electron chi connectivity index (χ4n) is 1.30. The fraction of sp³-hybridized carbons (Fsp3) is 0.500. The van der Waals surface area contributed by atoms with Crippen molar-refractivity contribution in [2.75, 3.05) is 0 Å². The van der Waals surface area contributed by atoms with Crippen LogP contribution in [-0.4, -0.2) is 19.4 Å². The lowest BCUT2D eigenvalue weighted by Gasteiger charge is -2.10. The highest BCUT2D eigenvalue weighted by molar-refractivity contribution is 7.88. The number of rotatable bonds is 4. The largest absolute Gasteiger partial charge is 0.433 e. The molecule has 0 aromatic carbocycles. The van der Waals surface area contributed by atoms with Gasteiger partial charge in [-0.25, -0.2) is 13.1 Å². The molecule has 1 heterocycles. The highest BCUT2D eigenvalue weighted by Crippen LogP contribution is 2.27.